The number of aryl methyl sites for hydroxylation is 2. The van der Waals surface area contributed by atoms with Crippen molar-refractivity contribution in [3.63, 3.8) is 0 Å². The summed E-state index contributed by atoms with van der Waals surface area (Å²) in [5.41, 5.74) is 7.97. The summed E-state index contributed by atoms with van der Waals surface area (Å²) in [6, 6.07) is 5.20. The number of aromatic nitrogens is 3. The molecule has 0 aliphatic rings. The van der Waals surface area contributed by atoms with Crippen LogP contribution in [0.25, 0.3) is 0 Å². The van der Waals surface area contributed by atoms with Gasteiger partial charge in [0.2, 0.25) is 0 Å². The van der Waals surface area contributed by atoms with Gasteiger partial charge in [0.1, 0.15) is 5.75 Å². The highest BCUT2D eigenvalue weighted by Crippen LogP contribution is 2.29. The summed E-state index contributed by atoms with van der Waals surface area (Å²) >= 11 is 6.03. The Morgan fingerprint density at radius 1 is 1.16 bits per heavy atom. The number of nitrogen functional groups attached to an aromatic ring is 1. The molecular formula is C13H15ClN4O. The second-order valence-corrected chi connectivity index (χ2v) is 4.39. The second-order valence-electron chi connectivity index (χ2n) is 3.99. The first-order chi connectivity index (χ1) is 9.13. The van der Waals surface area contributed by atoms with Crippen molar-refractivity contribution < 1.29 is 4.74 Å². The standard InChI is InChI=1S/C13H15ClN4O/c1-3-10-11(4-2)17-18-13(16-10)19-12-6-5-8(15)7-9(12)14/h5-7H,3-4,15H2,1-2H3. The highest BCUT2D eigenvalue weighted by atomic mass is 35.5. The largest absolute Gasteiger partial charge is 0.422 e. The number of hydrogen-bond acceptors (Lipinski definition) is 5. The van der Waals surface area contributed by atoms with Crippen LogP contribution in [0.1, 0.15) is 25.2 Å². The first kappa shape index (κ1) is 13.5. The van der Waals surface area contributed by atoms with Gasteiger partial charge in [-0.05, 0) is 31.0 Å². The van der Waals surface area contributed by atoms with E-state index >= 15 is 0 Å². The van der Waals surface area contributed by atoms with Gasteiger partial charge in [0.05, 0.1) is 16.4 Å². The van der Waals surface area contributed by atoms with Crippen molar-refractivity contribution in [2.75, 3.05) is 5.73 Å². The zero-order chi connectivity index (χ0) is 13.8. The number of nitrogens with zero attached hydrogens (tertiary/aromatic N) is 3. The SMILES string of the molecule is CCc1nnc(Oc2ccc(N)cc2Cl)nc1CC. The zero-order valence-electron chi connectivity index (χ0n) is 10.9. The molecule has 100 valence electrons. The molecule has 2 rings (SSSR count). The van der Waals surface area contributed by atoms with Crippen LogP contribution < -0.4 is 10.5 Å². The highest BCUT2D eigenvalue weighted by Gasteiger charge is 2.10. The van der Waals surface area contributed by atoms with E-state index in [1.165, 1.54) is 0 Å². The van der Waals surface area contributed by atoms with Crippen molar-refractivity contribution in [3.05, 3.63) is 34.6 Å². The summed E-state index contributed by atoms with van der Waals surface area (Å²) < 4.78 is 5.53. The molecule has 0 fully saturated rings. The Kier molecular flexibility index (Phi) is 4.16. The van der Waals surface area contributed by atoms with E-state index in [-0.39, 0.29) is 6.01 Å². The lowest BCUT2D eigenvalue weighted by molar-refractivity contribution is 0.428. The maximum absolute atomic E-state index is 6.03. The fourth-order valence-corrected chi connectivity index (χ4v) is 1.89. The van der Waals surface area contributed by atoms with E-state index < -0.39 is 0 Å². The van der Waals surface area contributed by atoms with Gasteiger partial charge in [0, 0.05) is 5.69 Å². The molecular weight excluding hydrogens is 264 g/mol. The summed E-state index contributed by atoms with van der Waals surface area (Å²) in [6.07, 6.45) is 1.58. The maximum Gasteiger partial charge on any atom is 0.341 e. The number of hydrogen-bond donors (Lipinski definition) is 1. The maximum atomic E-state index is 6.03. The third-order valence-electron chi connectivity index (χ3n) is 2.65. The van der Waals surface area contributed by atoms with E-state index in [1.54, 1.807) is 18.2 Å². The van der Waals surface area contributed by atoms with Crippen molar-refractivity contribution >= 4 is 17.3 Å². The Morgan fingerprint density at radius 2 is 1.89 bits per heavy atom. The van der Waals surface area contributed by atoms with Crippen LogP contribution in [0, 0.1) is 0 Å². The molecule has 0 unspecified atom stereocenters. The molecule has 0 saturated heterocycles. The summed E-state index contributed by atoms with van der Waals surface area (Å²) in [4.78, 5) is 4.34. The molecule has 0 radical (unpaired) electrons. The topological polar surface area (TPSA) is 73.9 Å². The quantitative estimate of drug-likeness (QED) is 0.870. The van der Waals surface area contributed by atoms with Gasteiger partial charge < -0.3 is 10.5 Å². The van der Waals surface area contributed by atoms with Crippen molar-refractivity contribution in [3.8, 4) is 11.8 Å². The van der Waals surface area contributed by atoms with Gasteiger partial charge in [0.15, 0.2) is 0 Å². The average molecular weight is 279 g/mol. The number of anilines is 1. The Labute approximate surface area is 116 Å². The third kappa shape index (κ3) is 3.12. The number of benzene rings is 1. The number of ether oxygens (including phenoxy) is 1. The lowest BCUT2D eigenvalue weighted by atomic mass is 10.2. The van der Waals surface area contributed by atoms with E-state index in [0.717, 1.165) is 24.2 Å². The first-order valence-corrected chi connectivity index (χ1v) is 6.47. The van der Waals surface area contributed by atoms with Crippen LogP contribution in [0.3, 0.4) is 0 Å². The van der Waals surface area contributed by atoms with Gasteiger partial charge in [-0.3, -0.25) is 0 Å². The smallest absolute Gasteiger partial charge is 0.341 e. The Bertz CT molecular complexity index is 589. The zero-order valence-corrected chi connectivity index (χ0v) is 11.6. The van der Waals surface area contributed by atoms with Gasteiger partial charge in [-0.2, -0.15) is 4.98 Å². The molecule has 0 amide bonds. The molecule has 5 nitrogen and oxygen atoms in total. The number of halogens is 1. The van der Waals surface area contributed by atoms with Gasteiger partial charge in [0.25, 0.3) is 0 Å². The molecule has 0 aliphatic carbocycles. The molecule has 1 heterocycles. The molecule has 0 saturated carbocycles. The predicted molar refractivity (Wildman–Crippen MR) is 74.5 cm³/mol. The molecule has 0 atom stereocenters. The minimum Gasteiger partial charge on any atom is -0.422 e. The summed E-state index contributed by atoms with van der Waals surface area (Å²) in [5, 5.41) is 8.47. The van der Waals surface area contributed by atoms with Crippen LogP contribution in [-0.2, 0) is 12.8 Å². The predicted octanol–water partition coefficient (Wildman–Crippen LogP) is 3.02. The average Bonchev–Trinajstić information content (AvgIpc) is 2.41. The normalized spacial score (nSPS) is 10.5. The Balaban J connectivity index is 2.28. The fourth-order valence-electron chi connectivity index (χ4n) is 1.66. The van der Waals surface area contributed by atoms with Crippen LogP contribution >= 0.6 is 11.6 Å². The molecule has 1 aromatic heterocycles. The van der Waals surface area contributed by atoms with Crippen LogP contribution in [-0.4, -0.2) is 15.2 Å². The van der Waals surface area contributed by atoms with Crippen LogP contribution in [0.2, 0.25) is 5.02 Å². The van der Waals surface area contributed by atoms with E-state index in [2.05, 4.69) is 15.2 Å². The molecule has 2 aromatic rings. The van der Waals surface area contributed by atoms with E-state index in [4.69, 9.17) is 22.1 Å². The Hall–Kier alpha value is -1.88. The molecule has 6 heteroatoms. The van der Waals surface area contributed by atoms with Crippen molar-refractivity contribution in [1.82, 2.24) is 15.2 Å². The Morgan fingerprint density at radius 3 is 2.53 bits per heavy atom. The van der Waals surface area contributed by atoms with Gasteiger partial charge in [-0.15, -0.1) is 5.10 Å². The van der Waals surface area contributed by atoms with E-state index in [0.29, 0.717) is 16.5 Å². The van der Waals surface area contributed by atoms with E-state index in [1.807, 2.05) is 13.8 Å². The lowest BCUT2D eigenvalue weighted by Gasteiger charge is -2.08. The molecule has 1 aromatic carbocycles. The van der Waals surface area contributed by atoms with Crippen LogP contribution in [0.5, 0.6) is 11.8 Å². The molecule has 2 N–H and O–H groups in total. The molecule has 0 spiro atoms. The van der Waals surface area contributed by atoms with Gasteiger partial charge in [-0.25, -0.2) is 0 Å². The van der Waals surface area contributed by atoms with Gasteiger partial charge in [-0.1, -0.05) is 30.5 Å². The van der Waals surface area contributed by atoms with Crippen LogP contribution in [0.15, 0.2) is 18.2 Å². The van der Waals surface area contributed by atoms with Crippen molar-refractivity contribution in [2.45, 2.75) is 26.7 Å². The summed E-state index contributed by atoms with van der Waals surface area (Å²) in [7, 11) is 0. The van der Waals surface area contributed by atoms with Crippen LogP contribution in [0.4, 0.5) is 5.69 Å². The summed E-state index contributed by atoms with van der Waals surface area (Å²) in [5.74, 6) is 0.462. The number of nitrogens with two attached hydrogens (primary N) is 1. The monoisotopic (exact) mass is 278 g/mol. The lowest BCUT2D eigenvalue weighted by Crippen LogP contribution is -2.04. The van der Waals surface area contributed by atoms with Gasteiger partial charge >= 0.3 is 6.01 Å². The van der Waals surface area contributed by atoms with E-state index in [9.17, 15) is 0 Å². The third-order valence-corrected chi connectivity index (χ3v) is 2.94. The molecule has 0 aliphatic heterocycles. The molecule has 0 bridgehead atoms. The minimum absolute atomic E-state index is 0.195. The molecule has 19 heavy (non-hydrogen) atoms. The number of rotatable bonds is 4. The second kappa shape index (κ2) is 5.84. The van der Waals surface area contributed by atoms with Crippen molar-refractivity contribution in [2.24, 2.45) is 0 Å². The summed E-state index contributed by atoms with van der Waals surface area (Å²) in [6.45, 7) is 4.03. The first-order valence-electron chi connectivity index (χ1n) is 6.09. The fraction of sp³-hybridized carbons (Fsp3) is 0.308. The minimum atomic E-state index is 0.195. The highest BCUT2D eigenvalue weighted by molar-refractivity contribution is 6.32. The van der Waals surface area contributed by atoms with Crippen molar-refractivity contribution in [1.29, 1.82) is 0 Å².